The first kappa shape index (κ1) is 29.0. The van der Waals surface area contributed by atoms with Gasteiger partial charge in [0.15, 0.2) is 6.29 Å². The SMILES string of the molecule is OCCOCOCC(F)(F)C(F)(F)C(F)(F)OC(F)(F)C(F)(F)COC(O)CCO. The number of hydrogen-bond donors (Lipinski definition) is 3. The lowest BCUT2D eigenvalue weighted by Crippen LogP contribution is -2.61. The Morgan fingerprint density at radius 1 is 0.700 bits per heavy atom. The number of rotatable bonds is 16. The van der Waals surface area contributed by atoms with E-state index in [4.69, 9.17) is 15.3 Å². The van der Waals surface area contributed by atoms with E-state index in [-0.39, 0.29) is 0 Å². The summed E-state index contributed by atoms with van der Waals surface area (Å²) in [6.07, 6.45) is -16.3. The van der Waals surface area contributed by atoms with Crippen LogP contribution in [0.4, 0.5) is 43.9 Å². The highest BCUT2D eigenvalue weighted by molar-refractivity contribution is 4.93. The second-order valence-corrected chi connectivity index (χ2v) is 5.50. The maximum absolute atomic E-state index is 13.4. The summed E-state index contributed by atoms with van der Waals surface area (Å²) < 4.78 is 148. The Bertz CT molecular complexity index is 507. The molecular weight excluding hydrogens is 458 g/mol. The third-order valence-corrected chi connectivity index (χ3v) is 3.03. The molecule has 0 aromatic carbocycles. The van der Waals surface area contributed by atoms with Gasteiger partial charge in [0.25, 0.3) is 0 Å². The van der Waals surface area contributed by atoms with Crippen molar-refractivity contribution in [1.82, 2.24) is 0 Å². The second kappa shape index (κ2) is 11.1. The van der Waals surface area contributed by atoms with Crippen molar-refractivity contribution in [1.29, 1.82) is 0 Å². The molecule has 0 aliphatic carbocycles. The van der Waals surface area contributed by atoms with Gasteiger partial charge >= 0.3 is 30.0 Å². The Balaban J connectivity index is 5.23. The maximum atomic E-state index is 13.4. The molecule has 17 heteroatoms. The molecule has 0 amide bonds. The number of aliphatic hydroxyl groups excluding tert-OH is 3. The molecule has 0 radical (unpaired) electrons. The zero-order chi connectivity index (χ0) is 23.9. The minimum absolute atomic E-state index is 0.502. The van der Waals surface area contributed by atoms with Crippen LogP contribution in [-0.2, 0) is 18.9 Å². The Hall–Kier alpha value is -0.980. The molecule has 182 valence electrons. The first-order valence-electron chi connectivity index (χ1n) is 7.73. The van der Waals surface area contributed by atoms with Crippen LogP contribution in [0.15, 0.2) is 0 Å². The Kier molecular flexibility index (Phi) is 10.7. The third kappa shape index (κ3) is 7.61. The van der Waals surface area contributed by atoms with Crippen LogP contribution < -0.4 is 0 Å². The quantitative estimate of drug-likeness (QED) is 0.178. The van der Waals surface area contributed by atoms with Crippen molar-refractivity contribution in [3.05, 3.63) is 0 Å². The summed E-state index contributed by atoms with van der Waals surface area (Å²) in [6.45, 7) is -8.23. The average molecular weight is 476 g/mol. The molecule has 0 aliphatic heterocycles. The summed E-state index contributed by atoms with van der Waals surface area (Å²) in [5.74, 6) is -18.4. The molecule has 0 bridgehead atoms. The van der Waals surface area contributed by atoms with Gasteiger partial charge in [-0.25, -0.2) is 4.74 Å². The van der Waals surface area contributed by atoms with E-state index in [0.29, 0.717) is 0 Å². The van der Waals surface area contributed by atoms with Crippen LogP contribution in [0, 0.1) is 0 Å². The van der Waals surface area contributed by atoms with Crippen LogP contribution in [0.3, 0.4) is 0 Å². The maximum Gasteiger partial charge on any atom is 0.430 e. The van der Waals surface area contributed by atoms with E-state index in [1.807, 2.05) is 0 Å². The molecule has 0 aromatic rings. The minimum atomic E-state index is -6.83. The Morgan fingerprint density at radius 2 is 1.27 bits per heavy atom. The lowest BCUT2D eigenvalue weighted by molar-refractivity contribution is -0.490. The second-order valence-electron chi connectivity index (χ2n) is 5.50. The minimum Gasteiger partial charge on any atom is -0.396 e. The number of alkyl halides is 10. The van der Waals surface area contributed by atoms with Crippen LogP contribution >= 0.6 is 0 Å². The molecule has 0 fully saturated rings. The first-order chi connectivity index (χ1) is 13.5. The average Bonchev–Trinajstić information content (AvgIpc) is 2.58. The monoisotopic (exact) mass is 476 g/mol. The fraction of sp³-hybridized carbons (Fsp3) is 1.00. The molecule has 0 spiro atoms. The van der Waals surface area contributed by atoms with Gasteiger partial charge in [-0.2, -0.15) is 43.9 Å². The van der Waals surface area contributed by atoms with Crippen molar-refractivity contribution in [2.75, 3.05) is 39.8 Å². The zero-order valence-electron chi connectivity index (χ0n) is 14.8. The van der Waals surface area contributed by atoms with E-state index in [1.165, 1.54) is 0 Å². The summed E-state index contributed by atoms with van der Waals surface area (Å²) in [4.78, 5) is 0. The number of halogens is 10. The molecule has 0 saturated heterocycles. The van der Waals surface area contributed by atoms with Gasteiger partial charge in [-0.1, -0.05) is 0 Å². The molecular formula is C13H18F10O7. The summed E-state index contributed by atoms with van der Waals surface area (Å²) in [7, 11) is 0. The van der Waals surface area contributed by atoms with E-state index in [0.717, 1.165) is 0 Å². The van der Waals surface area contributed by atoms with Gasteiger partial charge in [0.05, 0.1) is 13.2 Å². The number of aliphatic hydroxyl groups is 3. The number of ether oxygens (including phenoxy) is 4. The Labute approximate surface area is 162 Å². The first-order valence-corrected chi connectivity index (χ1v) is 7.73. The smallest absolute Gasteiger partial charge is 0.396 e. The van der Waals surface area contributed by atoms with E-state index in [1.54, 1.807) is 0 Å². The molecule has 1 unspecified atom stereocenters. The molecule has 0 aliphatic rings. The predicted octanol–water partition coefficient (Wildman–Crippen LogP) is 1.79. The molecule has 3 N–H and O–H groups in total. The van der Waals surface area contributed by atoms with Crippen molar-refractivity contribution in [2.45, 2.75) is 42.7 Å². The fourth-order valence-corrected chi connectivity index (χ4v) is 1.43. The number of hydrogen-bond acceptors (Lipinski definition) is 7. The topological polar surface area (TPSA) is 97.6 Å². The summed E-state index contributed by atoms with van der Waals surface area (Å²) in [5.41, 5.74) is 0. The van der Waals surface area contributed by atoms with Crippen LogP contribution in [0.25, 0.3) is 0 Å². The van der Waals surface area contributed by atoms with Gasteiger partial charge in [-0.3, -0.25) is 0 Å². The van der Waals surface area contributed by atoms with Crippen LogP contribution in [-0.4, -0.2) is 91.4 Å². The summed E-state index contributed by atoms with van der Waals surface area (Å²) in [5, 5.41) is 25.5. The van der Waals surface area contributed by atoms with E-state index in [2.05, 4.69) is 18.9 Å². The fourth-order valence-electron chi connectivity index (χ4n) is 1.43. The molecule has 0 rings (SSSR count). The van der Waals surface area contributed by atoms with E-state index in [9.17, 15) is 43.9 Å². The largest absolute Gasteiger partial charge is 0.430 e. The molecule has 0 saturated carbocycles. The Morgan fingerprint density at radius 3 is 1.77 bits per heavy atom. The normalized spacial score (nSPS) is 15.5. The highest BCUT2D eigenvalue weighted by atomic mass is 19.4. The lowest BCUT2D eigenvalue weighted by Gasteiger charge is -2.35. The third-order valence-electron chi connectivity index (χ3n) is 3.03. The summed E-state index contributed by atoms with van der Waals surface area (Å²) in [6, 6.07) is 0. The van der Waals surface area contributed by atoms with Gasteiger partial charge < -0.3 is 29.5 Å². The molecule has 7 nitrogen and oxygen atoms in total. The van der Waals surface area contributed by atoms with Gasteiger partial charge in [-0.15, -0.1) is 0 Å². The van der Waals surface area contributed by atoms with Crippen molar-refractivity contribution in [3.8, 4) is 0 Å². The highest BCUT2D eigenvalue weighted by Gasteiger charge is 2.77. The van der Waals surface area contributed by atoms with Crippen molar-refractivity contribution in [3.63, 3.8) is 0 Å². The molecule has 0 aromatic heterocycles. The zero-order valence-corrected chi connectivity index (χ0v) is 14.8. The molecule has 30 heavy (non-hydrogen) atoms. The van der Waals surface area contributed by atoms with Gasteiger partial charge in [0.2, 0.25) is 0 Å². The van der Waals surface area contributed by atoms with Gasteiger partial charge in [-0.05, 0) is 0 Å². The summed E-state index contributed by atoms with van der Waals surface area (Å²) >= 11 is 0. The van der Waals surface area contributed by atoms with E-state index < -0.39 is 82.5 Å². The van der Waals surface area contributed by atoms with Crippen LogP contribution in [0.1, 0.15) is 6.42 Å². The van der Waals surface area contributed by atoms with Crippen molar-refractivity contribution in [2.24, 2.45) is 0 Å². The van der Waals surface area contributed by atoms with Gasteiger partial charge in [0.1, 0.15) is 20.0 Å². The highest BCUT2D eigenvalue weighted by Crippen LogP contribution is 2.50. The van der Waals surface area contributed by atoms with E-state index >= 15 is 0 Å². The lowest BCUT2D eigenvalue weighted by atomic mass is 10.1. The van der Waals surface area contributed by atoms with Gasteiger partial charge in [0, 0.05) is 13.0 Å². The molecule has 0 heterocycles. The van der Waals surface area contributed by atoms with Crippen molar-refractivity contribution >= 4 is 0 Å². The van der Waals surface area contributed by atoms with Crippen LogP contribution in [0.5, 0.6) is 0 Å². The predicted molar refractivity (Wildman–Crippen MR) is 73.3 cm³/mol. The van der Waals surface area contributed by atoms with Crippen molar-refractivity contribution < 1.29 is 78.2 Å². The standard InChI is InChI=1S/C13H18F10O7/c14-9(15,5-28-7-27-4-3-25)11(18,19)13(22,23)30-12(20,21)10(16,17)6-29-8(26)1-2-24/h8,24-26H,1-7H2. The molecule has 1 atom stereocenters. The van der Waals surface area contributed by atoms with Crippen LogP contribution in [0.2, 0.25) is 0 Å².